The van der Waals surface area contributed by atoms with Crippen LogP contribution in [0.15, 0.2) is 94.5 Å². The highest BCUT2D eigenvalue weighted by Gasteiger charge is 2.33. The van der Waals surface area contributed by atoms with Crippen molar-refractivity contribution in [1.29, 1.82) is 0 Å². The van der Waals surface area contributed by atoms with E-state index >= 15 is 0 Å². The molecular weight excluding hydrogens is 624 g/mol. The number of ether oxygens (including phenoxy) is 2. The standard InChI is InChI=1S/C34H32N4O10/c1-21(39)24-13-15-28(37(32(24)42)47-17-22-9-5-3-6-10-22)30(40)35-26-19-46-20-27(26)36-31(41)29-16-14-25(34(44)45-2)33(43)38(29)48-18-23-11-7-4-8-12-23/h3-16,26-27H,17-20H2,1-2H3,(H,35,40)(H,36,41)/t26-,27+/m1/s1. The molecule has 1 saturated heterocycles. The Bertz CT molecular complexity index is 1940. The molecule has 1 aliphatic rings. The van der Waals surface area contributed by atoms with E-state index in [1.54, 1.807) is 48.5 Å². The van der Waals surface area contributed by atoms with Crippen molar-refractivity contribution in [2.24, 2.45) is 0 Å². The maximum atomic E-state index is 13.5. The summed E-state index contributed by atoms with van der Waals surface area (Å²) in [4.78, 5) is 89.0. The smallest absolute Gasteiger partial charge is 0.343 e. The number of ketones is 1. The van der Waals surface area contributed by atoms with Gasteiger partial charge in [0.15, 0.2) is 5.78 Å². The Morgan fingerprint density at radius 2 is 1.12 bits per heavy atom. The van der Waals surface area contributed by atoms with Crippen molar-refractivity contribution < 1.29 is 38.3 Å². The number of aromatic nitrogens is 2. The van der Waals surface area contributed by atoms with Gasteiger partial charge in [-0.05, 0) is 42.3 Å². The van der Waals surface area contributed by atoms with Crippen molar-refractivity contribution in [1.82, 2.24) is 20.1 Å². The molecule has 248 valence electrons. The van der Waals surface area contributed by atoms with E-state index in [1.165, 1.54) is 25.1 Å². The normalized spacial score (nSPS) is 15.3. The van der Waals surface area contributed by atoms with Crippen LogP contribution in [0.2, 0.25) is 0 Å². The van der Waals surface area contributed by atoms with Crippen LogP contribution >= 0.6 is 0 Å². The summed E-state index contributed by atoms with van der Waals surface area (Å²) in [6, 6.07) is 21.2. The van der Waals surface area contributed by atoms with Gasteiger partial charge >= 0.3 is 5.97 Å². The summed E-state index contributed by atoms with van der Waals surface area (Å²) < 4.78 is 11.7. The molecule has 4 aromatic rings. The molecule has 0 bridgehead atoms. The molecule has 5 rings (SSSR count). The third-order valence-electron chi connectivity index (χ3n) is 7.45. The van der Waals surface area contributed by atoms with E-state index in [1.807, 2.05) is 12.1 Å². The maximum absolute atomic E-state index is 13.5. The number of esters is 1. The van der Waals surface area contributed by atoms with Crippen LogP contribution in [0.5, 0.6) is 0 Å². The topological polar surface area (TPSA) is 173 Å². The highest BCUT2D eigenvalue weighted by Crippen LogP contribution is 2.11. The molecule has 2 atom stereocenters. The van der Waals surface area contributed by atoms with Gasteiger partial charge in [-0.15, -0.1) is 9.46 Å². The van der Waals surface area contributed by atoms with Gasteiger partial charge in [0.2, 0.25) is 0 Å². The first-order valence-electron chi connectivity index (χ1n) is 14.8. The van der Waals surface area contributed by atoms with Gasteiger partial charge in [-0.1, -0.05) is 60.7 Å². The molecule has 3 heterocycles. The first-order chi connectivity index (χ1) is 23.2. The third kappa shape index (κ3) is 7.50. The van der Waals surface area contributed by atoms with Crippen molar-refractivity contribution in [3.63, 3.8) is 0 Å². The lowest BCUT2D eigenvalue weighted by molar-refractivity contribution is 0.0561. The monoisotopic (exact) mass is 656 g/mol. The first-order valence-corrected chi connectivity index (χ1v) is 14.8. The minimum absolute atomic E-state index is 0.00657. The number of amides is 2. The summed E-state index contributed by atoms with van der Waals surface area (Å²) in [6.45, 7) is 1.10. The predicted octanol–water partition coefficient (Wildman–Crippen LogP) is 1.18. The van der Waals surface area contributed by atoms with Crippen LogP contribution in [0.25, 0.3) is 0 Å². The number of rotatable bonds is 12. The Morgan fingerprint density at radius 1 is 0.688 bits per heavy atom. The second-order valence-corrected chi connectivity index (χ2v) is 10.7. The van der Waals surface area contributed by atoms with Crippen LogP contribution in [0.4, 0.5) is 0 Å². The van der Waals surface area contributed by atoms with E-state index in [0.717, 1.165) is 28.2 Å². The molecule has 14 heteroatoms. The number of hydrogen-bond acceptors (Lipinski definition) is 10. The van der Waals surface area contributed by atoms with Gasteiger partial charge in [0.05, 0.1) is 38.0 Å². The van der Waals surface area contributed by atoms with Crippen molar-refractivity contribution in [2.75, 3.05) is 20.3 Å². The van der Waals surface area contributed by atoms with Crippen LogP contribution < -0.4 is 31.4 Å². The highest BCUT2D eigenvalue weighted by atomic mass is 16.7. The summed E-state index contributed by atoms with van der Waals surface area (Å²) in [5.41, 5.74) is -1.18. The Morgan fingerprint density at radius 3 is 1.56 bits per heavy atom. The van der Waals surface area contributed by atoms with E-state index in [4.69, 9.17) is 14.4 Å². The zero-order chi connectivity index (χ0) is 34.2. The molecule has 1 aliphatic heterocycles. The Labute approximate surface area is 273 Å². The summed E-state index contributed by atoms with van der Waals surface area (Å²) in [7, 11) is 1.12. The second-order valence-electron chi connectivity index (χ2n) is 10.7. The predicted molar refractivity (Wildman–Crippen MR) is 170 cm³/mol. The second kappa shape index (κ2) is 15.0. The van der Waals surface area contributed by atoms with Crippen LogP contribution in [0.3, 0.4) is 0 Å². The molecular formula is C34H32N4O10. The number of methoxy groups -OCH3 is 1. The maximum Gasteiger partial charge on any atom is 0.343 e. The van der Waals surface area contributed by atoms with Gasteiger partial charge < -0.3 is 29.8 Å². The number of pyridine rings is 2. The fourth-order valence-electron chi connectivity index (χ4n) is 4.92. The van der Waals surface area contributed by atoms with Crippen molar-refractivity contribution in [3.05, 3.63) is 139 Å². The van der Waals surface area contributed by atoms with Crippen LogP contribution in [0, 0.1) is 0 Å². The lowest BCUT2D eigenvalue weighted by Gasteiger charge is -2.22. The van der Waals surface area contributed by atoms with Crippen LogP contribution in [-0.2, 0) is 22.7 Å². The van der Waals surface area contributed by atoms with Gasteiger partial charge in [-0.25, -0.2) is 4.79 Å². The number of Topliss-reactive ketones (excluding diaryl/α,β-unsaturated/α-hetero) is 1. The Hall–Kier alpha value is -6.02. The minimum atomic E-state index is -0.904. The lowest BCUT2D eigenvalue weighted by atomic mass is 10.1. The average Bonchev–Trinajstić information content (AvgIpc) is 3.52. The average molecular weight is 657 g/mol. The Balaban J connectivity index is 1.36. The van der Waals surface area contributed by atoms with Crippen LogP contribution in [-0.4, -0.2) is 65.4 Å². The van der Waals surface area contributed by atoms with Gasteiger partial charge in [0, 0.05) is 0 Å². The highest BCUT2D eigenvalue weighted by molar-refractivity contribution is 5.97. The van der Waals surface area contributed by atoms with Crippen molar-refractivity contribution in [2.45, 2.75) is 32.2 Å². The molecule has 48 heavy (non-hydrogen) atoms. The van der Waals surface area contributed by atoms with E-state index in [9.17, 15) is 28.8 Å². The molecule has 0 radical (unpaired) electrons. The van der Waals surface area contributed by atoms with E-state index < -0.39 is 46.8 Å². The number of carbonyl (C=O) groups is 4. The SMILES string of the molecule is COC(=O)c1ccc(C(=O)N[C@H]2COC[C@H]2NC(=O)c2ccc(C(C)=O)c(=O)n2OCc2ccccc2)n(OCc2ccccc2)c1=O. The summed E-state index contributed by atoms with van der Waals surface area (Å²) in [5.74, 6) is -2.88. The Kier molecular flexibility index (Phi) is 10.5. The minimum Gasteiger partial charge on any atom is -0.465 e. The molecule has 1 fully saturated rings. The first kappa shape index (κ1) is 33.3. The van der Waals surface area contributed by atoms with E-state index in [-0.39, 0.29) is 48.9 Å². The zero-order valence-electron chi connectivity index (χ0n) is 26.0. The summed E-state index contributed by atoms with van der Waals surface area (Å²) >= 11 is 0. The molecule has 2 aromatic carbocycles. The fourth-order valence-corrected chi connectivity index (χ4v) is 4.92. The molecule has 2 aromatic heterocycles. The molecule has 0 aliphatic carbocycles. The number of carbonyl (C=O) groups excluding carboxylic acids is 4. The molecule has 0 unspecified atom stereocenters. The lowest BCUT2D eigenvalue weighted by Crippen LogP contribution is -2.52. The van der Waals surface area contributed by atoms with Crippen molar-refractivity contribution in [3.8, 4) is 0 Å². The fraction of sp³-hybridized carbons (Fsp3) is 0.235. The number of nitrogens with one attached hydrogen (secondary N) is 2. The quantitative estimate of drug-likeness (QED) is 0.167. The van der Waals surface area contributed by atoms with Gasteiger partial charge in [-0.2, -0.15) is 0 Å². The van der Waals surface area contributed by atoms with Crippen LogP contribution in [0.1, 0.15) is 59.7 Å². The van der Waals surface area contributed by atoms with Crippen molar-refractivity contribution >= 4 is 23.6 Å². The molecule has 2 amide bonds. The zero-order valence-corrected chi connectivity index (χ0v) is 26.0. The third-order valence-corrected chi connectivity index (χ3v) is 7.45. The summed E-state index contributed by atoms with van der Waals surface area (Å²) in [6.07, 6.45) is 0. The van der Waals surface area contributed by atoms with E-state index in [0.29, 0.717) is 5.56 Å². The number of nitrogens with zero attached hydrogens (tertiary/aromatic N) is 2. The molecule has 0 spiro atoms. The number of benzene rings is 2. The molecule has 0 saturated carbocycles. The largest absolute Gasteiger partial charge is 0.465 e. The van der Waals surface area contributed by atoms with Gasteiger partial charge in [0.1, 0.15) is 30.2 Å². The molecule has 2 N–H and O–H groups in total. The summed E-state index contributed by atoms with van der Waals surface area (Å²) in [5, 5.41) is 5.50. The number of hydrogen-bond donors (Lipinski definition) is 2. The van der Waals surface area contributed by atoms with E-state index in [2.05, 4.69) is 15.4 Å². The molecule has 14 nitrogen and oxygen atoms in total. The van der Waals surface area contributed by atoms with Gasteiger partial charge in [-0.3, -0.25) is 24.0 Å². The van der Waals surface area contributed by atoms with Gasteiger partial charge in [0.25, 0.3) is 22.9 Å².